The van der Waals surface area contributed by atoms with Gasteiger partial charge in [-0.05, 0) is 19.1 Å². The van der Waals surface area contributed by atoms with E-state index in [1.54, 1.807) is 25.1 Å². The van der Waals surface area contributed by atoms with E-state index < -0.39 is 5.97 Å². The molecular formula is C13H15BrO5. The molecule has 0 N–H and O–H groups in total. The number of hydrogen-bond donors (Lipinski definition) is 0. The predicted octanol–water partition coefficient (Wildman–Crippen LogP) is 2.21. The third-order valence-corrected chi connectivity index (χ3v) is 2.77. The van der Waals surface area contributed by atoms with Gasteiger partial charge in [-0.1, -0.05) is 15.9 Å². The molecule has 0 amide bonds. The number of carbonyl (C=O) groups excluding carboxylic acids is 2. The fourth-order valence-electron chi connectivity index (χ4n) is 1.41. The fourth-order valence-corrected chi connectivity index (χ4v) is 1.71. The van der Waals surface area contributed by atoms with Crippen LogP contribution in [0.25, 0.3) is 0 Å². The number of carbonyl (C=O) groups is 2. The van der Waals surface area contributed by atoms with Gasteiger partial charge < -0.3 is 14.2 Å². The zero-order valence-electron chi connectivity index (χ0n) is 10.8. The molecule has 1 rings (SSSR count). The monoisotopic (exact) mass is 330 g/mol. The Labute approximate surface area is 120 Å². The summed E-state index contributed by atoms with van der Waals surface area (Å²) in [5.41, 5.74) is 0.461. The summed E-state index contributed by atoms with van der Waals surface area (Å²) in [6.45, 7) is 1.86. The Morgan fingerprint density at radius 2 is 2.05 bits per heavy atom. The molecule has 104 valence electrons. The van der Waals surface area contributed by atoms with E-state index in [0.717, 1.165) is 0 Å². The fraction of sp³-hybridized carbons (Fsp3) is 0.385. The van der Waals surface area contributed by atoms with Gasteiger partial charge in [0.15, 0.2) is 12.4 Å². The van der Waals surface area contributed by atoms with Gasteiger partial charge in [0.05, 0.1) is 24.6 Å². The van der Waals surface area contributed by atoms with Crippen molar-refractivity contribution >= 4 is 27.7 Å². The molecule has 6 heteroatoms. The molecule has 0 saturated heterocycles. The molecule has 0 heterocycles. The Morgan fingerprint density at radius 1 is 1.32 bits per heavy atom. The van der Waals surface area contributed by atoms with Gasteiger partial charge in [-0.15, -0.1) is 0 Å². The second-order valence-corrected chi connectivity index (χ2v) is 4.07. The van der Waals surface area contributed by atoms with E-state index in [1.165, 1.54) is 7.11 Å². The van der Waals surface area contributed by atoms with Gasteiger partial charge in [-0.3, -0.25) is 4.79 Å². The Balaban J connectivity index is 2.77. The molecule has 0 saturated carbocycles. The molecule has 19 heavy (non-hydrogen) atoms. The molecule has 0 unspecified atom stereocenters. The summed E-state index contributed by atoms with van der Waals surface area (Å²) in [6, 6.07) is 4.77. The number of alkyl halides is 1. The number of benzene rings is 1. The van der Waals surface area contributed by atoms with Gasteiger partial charge in [0, 0.05) is 6.07 Å². The van der Waals surface area contributed by atoms with Gasteiger partial charge in [0.1, 0.15) is 11.5 Å². The van der Waals surface area contributed by atoms with Crippen LogP contribution in [0.5, 0.6) is 11.5 Å². The Bertz CT molecular complexity index is 458. The lowest BCUT2D eigenvalue weighted by Crippen LogP contribution is -2.14. The molecular weight excluding hydrogens is 316 g/mol. The molecule has 0 aliphatic heterocycles. The largest absolute Gasteiger partial charge is 0.496 e. The minimum Gasteiger partial charge on any atom is -0.496 e. The summed E-state index contributed by atoms with van der Waals surface area (Å²) in [4.78, 5) is 22.8. The zero-order chi connectivity index (χ0) is 14.3. The second-order valence-electron chi connectivity index (χ2n) is 3.51. The van der Waals surface area contributed by atoms with Crippen LogP contribution >= 0.6 is 15.9 Å². The number of esters is 1. The highest BCUT2D eigenvalue weighted by Gasteiger charge is 2.12. The third-order valence-electron chi connectivity index (χ3n) is 2.26. The van der Waals surface area contributed by atoms with E-state index in [1.807, 2.05) is 0 Å². The topological polar surface area (TPSA) is 61.8 Å². The minimum atomic E-state index is -0.443. The molecule has 0 spiro atoms. The summed E-state index contributed by atoms with van der Waals surface area (Å²) < 4.78 is 15.1. The van der Waals surface area contributed by atoms with E-state index in [2.05, 4.69) is 15.9 Å². The molecule has 1 aromatic carbocycles. The smallest absolute Gasteiger partial charge is 0.344 e. The van der Waals surface area contributed by atoms with Gasteiger partial charge in [0.25, 0.3) is 0 Å². The number of methoxy groups -OCH3 is 1. The highest BCUT2D eigenvalue weighted by Crippen LogP contribution is 2.25. The summed E-state index contributed by atoms with van der Waals surface area (Å²) >= 11 is 3.10. The average molecular weight is 331 g/mol. The molecule has 0 aliphatic rings. The molecule has 0 aromatic heterocycles. The van der Waals surface area contributed by atoms with Crippen LogP contribution in [0, 0.1) is 0 Å². The molecule has 5 nitrogen and oxygen atoms in total. The number of ether oxygens (including phenoxy) is 3. The first-order valence-corrected chi connectivity index (χ1v) is 6.80. The van der Waals surface area contributed by atoms with Crippen molar-refractivity contribution in [3.8, 4) is 11.5 Å². The van der Waals surface area contributed by atoms with E-state index in [4.69, 9.17) is 14.2 Å². The number of rotatable bonds is 7. The number of halogens is 1. The Hall–Kier alpha value is -1.56. The lowest BCUT2D eigenvalue weighted by molar-refractivity contribution is -0.145. The maximum atomic E-state index is 11.6. The van der Waals surface area contributed by atoms with Crippen LogP contribution in [0.3, 0.4) is 0 Å². The van der Waals surface area contributed by atoms with E-state index in [9.17, 15) is 9.59 Å². The van der Waals surface area contributed by atoms with Gasteiger partial charge in [-0.2, -0.15) is 0 Å². The van der Waals surface area contributed by atoms with Crippen LogP contribution < -0.4 is 9.47 Å². The second kappa shape index (κ2) is 7.78. The molecule has 0 aliphatic carbocycles. The summed E-state index contributed by atoms with van der Waals surface area (Å²) in [6.07, 6.45) is 0. The SMILES string of the molecule is CCOC(=O)COc1ccc(C(=O)CBr)c(OC)c1. The van der Waals surface area contributed by atoms with Crippen molar-refractivity contribution in [3.63, 3.8) is 0 Å². The van der Waals surface area contributed by atoms with E-state index in [0.29, 0.717) is 23.7 Å². The van der Waals surface area contributed by atoms with Crippen LogP contribution in [-0.2, 0) is 9.53 Å². The van der Waals surface area contributed by atoms with Gasteiger partial charge in [-0.25, -0.2) is 4.79 Å². The van der Waals surface area contributed by atoms with Crippen LogP contribution in [0.4, 0.5) is 0 Å². The highest BCUT2D eigenvalue weighted by molar-refractivity contribution is 9.09. The van der Waals surface area contributed by atoms with Gasteiger partial charge in [0.2, 0.25) is 0 Å². The van der Waals surface area contributed by atoms with Crippen molar-refractivity contribution in [2.24, 2.45) is 0 Å². The number of hydrogen-bond acceptors (Lipinski definition) is 5. The molecule has 0 fully saturated rings. The Kier molecular flexibility index (Phi) is 6.35. The summed E-state index contributed by atoms with van der Waals surface area (Å²) in [7, 11) is 1.47. The minimum absolute atomic E-state index is 0.0891. The summed E-state index contributed by atoms with van der Waals surface area (Å²) in [5, 5.41) is 0.215. The van der Waals surface area contributed by atoms with E-state index in [-0.39, 0.29) is 17.7 Å². The van der Waals surface area contributed by atoms with Crippen molar-refractivity contribution in [2.45, 2.75) is 6.92 Å². The maximum absolute atomic E-state index is 11.6. The van der Waals surface area contributed by atoms with E-state index >= 15 is 0 Å². The number of ketones is 1. The lowest BCUT2D eigenvalue weighted by atomic mass is 10.1. The van der Waals surface area contributed by atoms with Crippen molar-refractivity contribution in [2.75, 3.05) is 25.7 Å². The molecule has 0 bridgehead atoms. The first-order chi connectivity index (χ1) is 9.12. The first kappa shape index (κ1) is 15.5. The Morgan fingerprint density at radius 3 is 2.63 bits per heavy atom. The third kappa shape index (κ3) is 4.55. The van der Waals surface area contributed by atoms with Crippen LogP contribution in [0.1, 0.15) is 17.3 Å². The lowest BCUT2D eigenvalue weighted by Gasteiger charge is -2.10. The maximum Gasteiger partial charge on any atom is 0.344 e. The normalized spacial score (nSPS) is 9.84. The van der Waals surface area contributed by atoms with Crippen LogP contribution in [-0.4, -0.2) is 37.4 Å². The molecule has 0 atom stereocenters. The van der Waals surface area contributed by atoms with Crippen LogP contribution in [0.15, 0.2) is 18.2 Å². The standard InChI is InChI=1S/C13H15BrO5/c1-3-18-13(16)8-19-9-4-5-10(11(15)7-14)12(6-9)17-2/h4-6H,3,7-8H2,1-2H3. The highest BCUT2D eigenvalue weighted by atomic mass is 79.9. The number of Topliss-reactive ketones (excluding diaryl/α,β-unsaturated/α-hetero) is 1. The van der Waals surface area contributed by atoms with Gasteiger partial charge >= 0.3 is 5.97 Å². The van der Waals surface area contributed by atoms with Crippen LogP contribution in [0.2, 0.25) is 0 Å². The molecule has 1 aromatic rings. The quantitative estimate of drug-likeness (QED) is 0.436. The molecule has 0 radical (unpaired) electrons. The van der Waals surface area contributed by atoms with Crippen molar-refractivity contribution in [3.05, 3.63) is 23.8 Å². The van der Waals surface area contributed by atoms with Crippen molar-refractivity contribution in [1.29, 1.82) is 0 Å². The predicted molar refractivity (Wildman–Crippen MR) is 73.2 cm³/mol. The summed E-state index contributed by atoms with van der Waals surface area (Å²) in [5.74, 6) is 0.317. The van der Waals surface area contributed by atoms with Crippen molar-refractivity contribution in [1.82, 2.24) is 0 Å². The zero-order valence-corrected chi connectivity index (χ0v) is 12.4. The first-order valence-electron chi connectivity index (χ1n) is 5.68. The average Bonchev–Trinajstić information content (AvgIpc) is 2.44. The van der Waals surface area contributed by atoms with Crippen molar-refractivity contribution < 1.29 is 23.8 Å².